The van der Waals surface area contributed by atoms with Crippen molar-refractivity contribution in [1.82, 2.24) is 20.4 Å². The zero-order valence-electron chi connectivity index (χ0n) is 17.9. The number of pyridine rings is 1. The molecule has 0 radical (unpaired) electrons. The molecule has 3 heterocycles. The summed E-state index contributed by atoms with van der Waals surface area (Å²) < 4.78 is 37.6. The van der Waals surface area contributed by atoms with Gasteiger partial charge in [0.25, 0.3) is 11.8 Å². The predicted octanol–water partition coefficient (Wildman–Crippen LogP) is 3.53. The Morgan fingerprint density at radius 2 is 2.06 bits per heavy atom. The number of rotatable bonds is 9. The maximum atomic E-state index is 13.4. The molecular weight excluding hydrogens is 408 g/mol. The number of aromatic nitrogens is 3. The number of aryl methyl sites for hydroxylation is 1. The molecule has 1 saturated carbocycles. The van der Waals surface area contributed by atoms with Crippen LogP contribution in [-0.4, -0.2) is 46.7 Å². The van der Waals surface area contributed by atoms with E-state index in [1.54, 1.807) is 13.0 Å². The van der Waals surface area contributed by atoms with E-state index in [1.807, 2.05) is 13.8 Å². The lowest BCUT2D eigenvalue weighted by Crippen LogP contribution is -2.56. The van der Waals surface area contributed by atoms with E-state index >= 15 is 0 Å². The highest BCUT2D eigenvalue weighted by Crippen LogP contribution is 2.38. The Morgan fingerprint density at radius 1 is 1.32 bits per heavy atom. The molecule has 2 aromatic rings. The average molecular weight is 435 g/mol. The number of hydrogen-bond donors (Lipinski definition) is 1. The molecule has 10 heteroatoms. The zero-order valence-corrected chi connectivity index (χ0v) is 17.9. The summed E-state index contributed by atoms with van der Waals surface area (Å²) >= 11 is 0. The zero-order chi connectivity index (χ0) is 22.2. The molecule has 1 amide bonds. The molecule has 0 spiro atoms. The highest BCUT2D eigenvalue weighted by molar-refractivity contribution is 5.93. The van der Waals surface area contributed by atoms with Gasteiger partial charge in [-0.25, -0.2) is 13.8 Å². The molecule has 8 nitrogen and oxygen atoms in total. The molecule has 2 aliphatic rings. The Bertz CT molecular complexity index is 937. The second-order valence-corrected chi connectivity index (χ2v) is 8.81. The number of hydrogen-bond acceptors (Lipinski definition) is 7. The van der Waals surface area contributed by atoms with Gasteiger partial charge in [-0.15, -0.1) is 0 Å². The lowest BCUT2D eigenvalue weighted by atomic mass is 10.0. The summed E-state index contributed by atoms with van der Waals surface area (Å²) in [6.45, 7) is 5.46. The topological polar surface area (TPSA) is 93.4 Å². The van der Waals surface area contributed by atoms with Gasteiger partial charge < -0.3 is 19.5 Å². The first-order chi connectivity index (χ1) is 14.7. The fourth-order valence-electron chi connectivity index (χ4n) is 3.46. The molecule has 0 bridgehead atoms. The van der Waals surface area contributed by atoms with E-state index in [0.717, 1.165) is 12.8 Å². The summed E-state index contributed by atoms with van der Waals surface area (Å²) in [4.78, 5) is 23.1. The van der Waals surface area contributed by atoms with Gasteiger partial charge >= 0.3 is 0 Å². The molecule has 168 valence electrons. The number of alkyl halides is 2. The Morgan fingerprint density at radius 3 is 2.65 bits per heavy atom. The molecular formula is C21H27F2N5O3. The number of carbonyl (C=O) groups is 1. The number of halogens is 2. The standard InChI is InChI=1S/C21H27F2N5O3/c1-12(2)8-16(18-24-13(3)31-27-18)25-19(29)15-6-7-17(28-10-21(22,23)11-28)20(26-15)30-9-14-4-5-14/h6-7,12,14,16H,4-5,8-11H2,1-3H3,(H,25,29). The third-order valence-electron chi connectivity index (χ3n) is 5.28. The van der Waals surface area contributed by atoms with Crippen LogP contribution < -0.4 is 15.0 Å². The summed E-state index contributed by atoms with van der Waals surface area (Å²) in [5.74, 6) is -1.34. The molecule has 4 rings (SSSR count). The van der Waals surface area contributed by atoms with Gasteiger partial charge in [0.15, 0.2) is 5.82 Å². The second kappa shape index (κ2) is 8.39. The van der Waals surface area contributed by atoms with Gasteiger partial charge in [-0.05, 0) is 43.2 Å². The van der Waals surface area contributed by atoms with Crippen LogP contribution in [-0.2, 0) is 0 Å². The van der Waals surface area contributed by atoms with Crippen LogP contribution in [0, 0.1) is 18.8 Å². The number of ether oxygens (including phenoxy) is 1. The fourth-order valence-corrected chi connectivity index (χ4v) is 3.46. The van der Waals surface area contributed by atoms with E-state index in [1.165, 1.54) is 11.0 Å². The Hall–Kier alpha value is -2.78. The predicted molar refractivity (Wildman–Crippen MR) is 108 cm³/mol. The van der Waals surface area contributed by atoms with Gasteiger partial charge in [-0.3, -0.25) is 4.79 Å². The Kier molecular flexibility index (Phi) is 5.81. The summed E-state index contributed by atoms with van der Waals surface area (Å²) in [5, 5.41) is 6.85. The fraction of sp³-hybridized carbons (Fsp3) is 0.619. The van der Waals surface area contributed by atoms with E-state index in [0.29, 0.717) is 36.3 Å². The van der Waals surface area contributed by atoms with Crippen LogP contribution in [0.3, 0.4) is 0 Å². The van der Waals surface area contributed by atoms with Crippen LogP contribution >= 0.6 is 0 Å². The van der Waals surface area contributed by atoms with Crippen LogP contribution in [0.25, 0.3) is 0 Å². The molecule has 1 saturated heterocycles. The lowest BCUT2D eigenvalue weighted by molar-refractivity contribution is -0.0265. The minimum atomic E-state index is -2.71. The lowest BCUT2D eigenvalue weighted by Gasteiger charge is -2.40. The normalized spacial score (nSPS) is 18.6. The van der Waals surface area contributed by atoms with Crippen molar-refractivity contribution in [2.45, 2.75) is 52.0 Å². The van der Waals surface area contributed by atoms with Gasteiger partial charge in [-0.2, -0.15) is 4.98 Å². The van der Waals surface area contributed by atoms with Crippen LogP contribution in [0.1, 0.15) is 61.4 Å². The summed E-state index contributed by atoms with van der Waals surface area (Å²) in [6, 6.07) is 2.71. The minimum absolute atomic E-state index is 0.149. The van der Waals surface area contributed by atoms with Crippen LogP contribution in [0.2, 0.25) is 0 Å². The van der Waals surface area contributed by atoms with E-state index < -0.39 is 17.9 Å². The van der Waals surface area contributed by atoms with Crippen molar-refractivity contribution in [3.63, 3.8) is 0 Å². The molecule has 1 unspecified atom stereocenters. The third kappa shape index (κ3) is 5.29. The quantitative estimate of drug-likeness (QED) is 0.644. The van der Waals surface area contributed by atoms with Crippen LogP contribution in [0.4, 0.5) is 14.5 Å². The summed E-state index contributed by atoms with van der Waals surface area (Å²) in [7, 11) is 0. The first-order valence-electron chi connectivity index (χ1n) is 10.6. The van der Waals surface area contributed by atoms with Crippen molar-refractivity contribution in [2.75, 3.05) is 24.6 Å². The van der Waals surface area contributed by atoms with Crippen molar-refractivity contribution < 1.29 is 22.8 Å². The maximum Gasteiger partial charge on any atom is 0.282 e. The molecule has 0 aromatic carbocycles. The Balaban J connectivity index is 1.52. The van der Waals surface area contributed by atoms with Crippen LogP contribution in [0.5, 0.6) is 5.88 Å². The first kappa shape index (κ1) is 21.5. The van der Waals surface area contributed by atoms with E-state index in [2.05, 4.69) is 20.4 Å². The number of anilines is 1. The van der Waals surface area contributed by atoms with Crippen molar-refractivity contribution in [3.05, 3.63) is 29.5 Å². The van der Waals surface area contributed by atoms with Crippen LogP contribution in [0.15, 0.2) is 16.7 Å². The molecule has 1 N–H and O–H groups in total. The molecule has 1 aliphatic carbocycles. The average Bonchev–Trinajstić information content (AvgIpc) is 3.42. The highest BCUT2D eigenvalue weighted by atomic mass is 19.3. The monoisotopic (exact) mass is 435 g/mol. The number of nitrogens with zero attached hydrogens (tertiary/aromatic N) is 4. The van der Waals surface area contributed by atoms with Crippen molar-refractivity contribution in [3.8, 4) is 5.88 Å². The van der Waals surface area contributed by atoms with Crippen molar-refractivity contribution in [2.24, 2.45) is 11.8 Å². The van der Waals surface area contributed by atoms with Crippen molar-refractivity contribution in [1.29, 1.82) is 0 Å². The molecule has 31 heavy (non-hydrogen) atoms. The minimum Gasteiger partial charge on any atom is -0.476 e. The van der Waals surface area contributed by atoms with Gasteiger partial charge in [0.1, 0.15) is 11.4 Å². The summed E-state index contributed by atoms with van der Waals surface area (Å²) in [5.41, 5.74) is 0.631. The molecule has 2 aromatic heterocycles. The van der Waals surface area contributed by atoms with E-state index in [-0.39, 0.29) is 30.6 Å². The molecule has 2 fully saturated rings. The summed E-state index contributed by atoms with van der Waals surface area (Å²) in [6.07, 6.45) is 2.79. The van der Waals surface area contributed by atoms with E-state index in [9.17, 15) is 13.6 Å². The van der Waals surface area contributed by atoms with E-state index in [4.69, 9.17) is 9.26 Å². The largest absolute Gasteiger partial charge is 0.476 e. The first-order valence-corrected chi connectivity index (χ1v) is 10.6. The Labute approximate surface area is 179 Å². The smallest absolute Gasteiger partial charge is 0.282 e. The van der Waals surface area contributed by atoms with Gasteiger partial charge in [-0.1, -0.05) is 19.0 Å². The number of nitrogens with one attached hydrogen (secondary N) is 1. The molecule has 1 atom stereocenters. The second-order valence-electron chi connectivity index (χ2n) is 8.81. The van der Waals surface area contributed by atoms with Gasteiger partial charge in [0.05, 0.1) is 25.7 Å². The number of carbonyl (C=O) groups excluding carboxylic acids is 1. The van der Waals surface area contributed by atoms with Gasteiger partial charge in [0, 0.05) is 6.92 Å². The highest BCUT2D eigenvalue weighted by Gasteiger charge is 2.45. The molecule has 1 aliphatic heterocycles. The van der Waals surface area contributed by atoms with Gasteiger partial charge in [0.2, 0.25) is 11.8 Å². The number of amides is 1. The van der Waals surface area contributed by atoms with Crippen molar-refractivity contribution >= 4 is 11.6 Å². The maximum absolute atomic E-state index is 13.4. The third-order valence-corrected chi connectivity index (χ3v) is 5.28. The SMILES string of the molecule is Cc1nc(C(CC(C)C)NC(=O)c2ccc(N3CC(F)(F)C3)c(OCC3CC3)n2)no1.